The maximum Gasteiger partial charge on any atom is 0.352 e. The molecule has 0 radical (unpaired) electrons. The molecule has 7 N–H and O–H groups in total. The first kappa shape index (κ1) is 25.2. The maximum absolute atomic E-state index is 13.1. The lowest BCUT2D eigenvalue weighted by Gasteiger charge is -2.49. The number of thioether (sulfide) groups is 1. The van der Waals surface area contributed by atoms with Crippen LogP contribution in [0.3, 0.4) is 0 Å². The van der Waals surface area contributed by atoms with E-state index < -0.39 is 34.9 Å². The number of anilines is 1. The lowest BCUT2D eigenvalue weighted by molar-refractivity contribution is -0.150. The van der Waals surface area contributed by atoms with Crippen molar-refractivity contribution in [2.75, 3.05) is 24.6 Å². The first-order chi connectivity index (χ1) is 17.8. The molecule has 5 rings (SSSR count). The molecule has 4 aliphatic rings. The molecule has 0 bridgehead atoms. The second-order valence-corrected chi connectivity index (χ2v) is 10.9. The summed E-state index contributed by atoms with van der Waals surface area (Å²) in [5, 5.41) is 32.1. The summed E-state index contributed by atoms with van der Waals surface area (Å²) >= 11 is 2.36. The standard InChI is InChI=1S/C22H25N7O6S2/c23-22-26-13(8-37-22)14(28-35)18(31)27-15-19(32)29-16(21(33)34)12(7-36-20(15)29)10(3-5-24-9-1-2-9)11-4-6-25-17(11)30/h8-9,15,20,24,35H,1-7H2,(H2,23,26)(H,25,30)(H,27,31)(H,33,34)/t15-,20-/m1/s1. The van der Waals surface area contributed by atoms with Crippen LogP contribution in [0.1, 0.15) is 31.4 Å². The number of nitrogen functional groups attached to an aromatic ring is 1. The second kappa shape index (κ2) is 10.1. The van der Waals surface area contributed by atoms with Crippen LogP contribution in [0, 0.1) is 0 Å². The number of nitrogens with one attached hydrogen (secondary N) is 3. The fourth-order valence-corrected chi connectivity index (χ4v) is 6.58. The zero-order chi connectivity index (χ0) is 26.3. The minimum atomic E-state index is -1.28. The Hall–Kier alpha value is -3.43. The molecule has 37 heavy (non-hydrogen) atoms. The van der Waals surface area contributed by atoms with E-state index in [4.69, 9.17) is 5.73 Å². The Kier molecular flexibility index (Phi) is 6.92. The van der Waals surface area contributed by atoms with Crippen LogP contribution in [0.25, 0.3) is 0 Å². The van der Waals surface area contributed by atoms with Gasteiger partial charge in [0.1, 0.15) is 22.8 Å². The van der Waals surface area contributed by atoms with Crippen LogP contribution in [0.2, 0.25) is 0 Å². The number of carboxylic acid groups (broad SMARTS) is 1. The minimum absolute atomic E-state index is 0.0572. The number of fused-ring (bicyclic) bond motifs is 1. The highest BCUT2D eigenvalue weighted by Gasteiger charge is 2.55. The van der Waals surface area contributed by atoms with Crippen LogP contribution in [0.5, 0.6) is 0 Å². The van der Waals surface area contributed by atoms with Crippen LogP contribution in [0.4, 0.5) is 5.13 Å². The van der Waals surface area contributed by atoms with Gasteiger partial charge in [-0.1, -0.05) is 5.16 Å². The van der Waals surface area contributed by atoms with E-state index in [1.54, 1.807) is 0 Å². The number of oxime groups is 1. The molecule has 0 unspecified atom stereocenters. The Bertz CT molecular complexity index is 1270. The molecular formula is C22H25N7O6S2. The van der Waals surface area contributed by atoms with Crippen molar-refractivity contribution in [1.82, 2.24) is 25.8 Å². The van der Waals surface area contributed by atoms with Gasteiger partial charge < -0.3 is 32.0 Å². The van der Waals surface area contributed by atoms with Crippen molar-refractivity contribution in [1.29, 1.82) is 0 Å². The van der Waals surface area contributed by atoms with Crippen molar-refractivity contribution in [3.63, 3.8) is 0 Å². The third-order valence-corrected chi connectivity index (χ3v) is 8.54. The van der Waals surface area contributed by atoms with Crippen molar-refractivity contribution in [2.45, 2.75) is 43.1 Å². The number of nitrogens with zero attached hydrogens (tertiary/aromatic N) is 3. The largest absolute Gasteiger partial charge is 0.477 e. The van der Waals surface area contributed by atoms with E-state index >= 15 is 0 Å². The molecule has 0 spiro atoms. The minimum Gasteiger partial charge on any atom is -0.477 e. The predicted octanol–water partition coefficient (Wildman–Crippen LogP) is -0.399. The number of aromatic nitrogens is 1. The molecular weight excluding hydrogens is 522 g/mol. The molecule has 196 valence electrons. The lowest BCUT2D eigenvalue weighted by atomic mass is 9.92. The number of carboxylic acids is 1. The number of aliphatic carboxylic acids is 1. The monoisotopic (exact) mass is 547 g/mol. The van der Waals surface area contributed by atoms with E-state index in [-0.39, 0.29) is 28.2 Å². The Morgan fingerprint density at radius 3 is 2.70 bits per heavy atom. The van der Waals surface area contributed by atoms with Gasteiger partial charge in [-0.2, -0.15) is 0 Å². The highest BCUT2D eigenvalue weighted by molar-refractivity contribution is 8.00. The number of rotatable bonds is 9. The number of hydrogen-bond donors (Lipinski definition) is 6. The number of carbonyl (C=O) groups is 4. The van der Waals surface area contributed by atoms with Gasteiger partial charge in [-0.25, -0.2) is 9.78 Å². The first-order valence-corrected chi connectivity index (χ1v) is 13.6. The molecule has 4 heterocycles. The van der Waals surface area contributed by atoms with Crippen molar-refractivity contribution in [3.8, 4) is 0 Å². The fourth-order valence-electron chi connectivity index (χ4n) is 4.65. The first-order valence-electron chi connectivity index (χ1n) is 11.7. The summed E-state index contributed by atoms with van der Waals surface area (Å²) in [7, 11) is 0. The third kappa shape index (κ3) is 4.81. The van der Waals surface area contributed by atoms with Gasteiger partial charge in [0, 0.05) is 29.3 Å². The third-order valence-electron chi connectivity index (χ3n) is 6.59. The predicted molar refractivity (Wildman–Crippen MR) is 135 cm³/mol. The van der Waals surface area contributed by atoms with Gasteiger partial charge in [-0.15, -0.1) is 23.1 Å². The summed E-state index contributed by atoms with van der Waals surface area (Å²) in [5.74, 6) is -2.69. The fraction of sp³-hybridized carbons (Fsp3) is 0.455. The molecule has 1 saturated carbocycles. The summed E-state index contributed by atoms with van der Waals surface area (Å²) in [6, 6.07) is -0.570. The molecule has 1 aromatic heterocycles. The van der Waals surface area contributed by atoms with E-state index in [0.29, 0.717) is 48.7 Å². The molecule has 1 aliphatic carbocycles. The molecule has 1 aromatic rings. The Labute approximate surface area is 219 Å². The number of nitrogens with two attached hydrogens (primary N) is 1. The molecule has 13 nitrogen and oxygen atoms in total. The van der Waals surface area contributed by atoms with Crippen LogP contribution in [-0.2, 0) is 19.2 Å². The second-order valence-electron chi connectivity index (χ2n) is 8.95. The van der Waals surface area contributed by atoms with Crippen molar-refractivity contribution in [2.24, 2.45) is 5.16 Å². The maximum atomic E-state index is 13.1. The van der Waals surface area contributed by atoms with Crippen LogP contribution < -0.4 is 21.7 Å². The molecule has 3 aliphatic heterocycles. The van der Waals surface area contributed by atoms with Gasteiger partial charge in [0.25, 0.3) is 11.8 Å². The van der Waals surface area contributed by atoms with E-state index in [0.717, 1.165) is 29.1 Å². The average Bonchev–Trinajstić information content (AvgIpc) is 3.45. The summed E-state index contributed by atoms with van der Waals surface area (Å²) in [4.78, 5) is 55.9. The van der Waals surface area contributed by atoms with Gasteiger partial charge in [0.15, 0.2) is 10.8 Å². The van der Waals surface area contributed by atoms with Gasteiger partial charge in [0.05, 0.1) is 0 Å². The van der Waals surface area contributed by atoms with Gasteiger partial charge in [0.2, 0.25) is 5.91 Å². The number of β-lactam (4-membered cyclic amide) rings is 1. The summed E-state index contributed by atoms with van der Waals surface area (Å²) in [5.41, 5.74) is 6.72. The number of amides is 3. The van der Waals surface area contributed by atoms with Gasteiger partial charge in [-0.05, 0) is 43.4 Å². The quantitative estimate of drug-likeness (QED) is 0.0777. The Balaban J connectivity index is 1.39. The smallest absolute Gasteiger partial charge is 0.352 e. The molecule has 2 atom stereocenters. The van der Waals surface area contributed by atoms with Crippen LogP contribution >= 0.6 is 23.1 Å². The molecule has 3 fully saturated rings. The molecule has 0 aromatic carbocycles. The lowest BCUT2D eigenvalue weighted by Crippen LogP contribution is -2.71. The Morgan fingerprint density at radius 2 is 2.11 bits per heavy atom. The average molecular weight is 548 g/mol. The number of thiazole rings is 1. The number of carbonyl (C=O) groups excluding carboxylic acids is 3. The van der Waals surface area contributed by atoms with Gasteiger partial charge >= 0.3 is 5.97 Å². The van der Waals surface area contributed by atoms with Crippen molar-refractivity contribution < 1.29 is 29.5 Å². The Morgan fingerprint density at radius 1 is 1.32 bits per heavy atom. The number of hydrogen-bond acceptors (Lipinski definition) is 11. The molecule has 15 heteroatoms. The highest BCUT2D eigenvalue weighted by Crippen LogP contribution is 2.43. The molecule has 3 amide bonds. The van der Waals surface area contributed by atoms with Crippen LogP contribution in [-0.4, -0.2) is 85.9 Å². The highest BCUT2D eigenvalue weighted by atomic mass is 32.2. The van der Waals surface area contributed by atoms with E-state index in [1.807, 2.05) is 0 Å². The summed E-state index contributed by atoms with van der Waals surface area (Å²) < 4.78 is 0. The summed E-state index contributed by atoms with van der Waals surface area (Å²) in [6.45, 7) is 1.08. The topological polar surface area (TPSA) is 199 Å². The van der Waals surface area contributed by atoms with E-state index in [1.165, 1.54) is 17.1 Å². The van der Waals surface area contributed by atoms with E-state index in [9.17, 15) is 29.5 Å². The van der Waals surface area contributed by atoms with Crippen molar-refractivity contribution in [3.05, 3.63) is 33.5 Å². The molecule has 2 saturated heterocycles. The normalized spacial score (nSPS) is 25.0. The van der Waals surface area contributed by atoms with Gasteiger partial charge in [-0.3, -0.25) is 19.3 Å². The SMILES string of the molecule is Nc1nc(C(=NO)C(=O)N[C@@H]2C(=O)N3C(C(=O)O)=C(C(CCNC4CC4)=C4CCNC4=O)CS[C@H]23)cs1. The van der Waals surface area contributed by atoms with Crippen molar-refractivity contribution >= 4 is 57.6 Å². The summed E-state index contributed by atoms with van der Waals surface area (Å²) in [6.07, 6.45) is 3.15. The van der Waals surface area contributed by atoms with Crippen LogP contribution in [0.15, 0.2) is 33.0 Å². The zero-order valence-electron chi connectivity index (χ0n) is 19.5. The zero-order valence-corrected chi connectivity index (χ0v) is 21.2. The van der Waals surface area contributed by atoms with E-state index in [2.05, 4.69) is 26.1 Å².